The van der Waals surface area contributed by atoms with Crippen LogP contribution in [0, 0.1) is 0 Å². The summed E-state index contributed by atoms with van der Waals surface area (Å²) >= 11 is 0. The van der Waals surface area contributed by atoms with E-state index in [0.717, 1.165) is 44.9 Å². The number of carboxylic acids is 1. The third-order valence-corrected chi connectivity index (χ3v) is 4.73. The first-order valence-corrected chi connectivity index (χ1v) is 10.1. The van der Waals surface area contributed by atoms with Gasteiger partial charge in [-0.1, -0.05) is 71.1 Å². The van der Waals surface area contributed by atoms with Gasteiger partial charge in [0.2, 0.25) is 0 Å². The minimum absolute atomic E-state index is 0.243. The Morgan fingerprint density at radius 1 is 0.667 bits per heavy atom. The Bertz CT molecular complexity index is 281. The summed E-state index contributed by atoms with van der Waals surface area (Å²) in [7, 11) is 0. The molecule has 4 heteroatoms. The maximum absolute atomic E-state index is 10.4. The van der Waals surface area contributed by atoms with Crippen molar-refractivity contribution in [2.24, 2.45) is 0 Å². The third kappa shape index (κ3) is 17.7. The molecule has 0 saturated carbocycles. The summed E-state index contributed by atoms with van der Waals surface area (Å²) in [6.45, 7) is 1.97. The Morgan fingerprint density at radius 3 is 1.54 bits per heavy atom. The molecule has 24 heavy (non-hydrogen) atoms. The fourth-order valence-corrected chi connectivity index (χ4v) is 2.98. The molecule has 0 rings (SSSR count). The molecule has 2 atom stereocenters. The van der Waals surface area contributed by atoms with Crippen molar-refractivity contribution < 1.29 is 20.1 Å². The molecule has 0 heterocycles. The number of hydrogen-bond donors (Lipinski definition) is 3. The largest absolute Gasteiger partial charge is 0.481 e. The van der Waals surface area contributed by atoms with Crippen molar-refractivity contribution in [3.63, 3.8) is 0 Å². The SMILES string of the molecule is CCC(O)CCC(O)CCCCCCCCCCCCCC(=O)O. The van der Waals surface area contributed by atoms with Gasteiger partial charge in [-0.25, -0.2) is 0 Å². The van der Waals surface area contributed by atoms with Crippen LogP contribution < -0.4 is 0 Å². The maximum Gasteiger partial charge on any atom is 0.303 e. The number of unbranched alkanes of at least 4 members (excludes halogenated alkanes) is 10. The van der Waals surface area contributed by atoms with Gasteiger partial charge in [-0.15, -0.1) is 0 Å². The van der Waals surface area contributed by atoms with Gasteiger partial charge >= 0.3 is 5.97 Å². The number of aliphatic hydroxyl groups excluding tert-OH is 2. The van der Waals surface area contributed by atoms with Gasteiger partial charge in [0, 0.05) is 6.42 Å². The lowest BCUT2D eigenvalue weighted by Crippen LogP contribution is -2.12. The van der Waals surface area contributed by atoms with Gasteiger partial charge in [0.15, 0.2) is 0 Å². The number of carboxylic acid groups (broad SMARTS) is 1. The van der Waals surface area contributed by atoms with Crippen molar-refractivity contribution >= 4 is 5.97 Å². The fraction of sp³-hybridized carbons (Fsp3) is 0.950. The van der Waals surface area contributed by atoms with E-state index < -0.39 is 5.97 Å². The standard InChI is InChI=1S/C20H40O4/c1-2-18(21)16-17-19(22)14-12-10-8-6-4-3-5-7-9-11-13-15-20(23)24/h18-19,21-22H,2-17H2,1H3,(H,23,24). The second-order valence-corrected chi connectivity index (χ2v) is 7.11. The summed E-state index contributed by atoms with van der Waals surface area (Å²) in [6, 6.07) is 0. The van der Waals surface area contributed by atoms with Gasteiger partial charge < -0.3 is 15.3 Å². The molecule has 0 aliphatic carbocycles. The van der Waals surface area contributed by atoms with Crippen LogP contribution in [-0.2, 0) is 4.79 Å². The van der Waals surface area contributed by atoms with Gasteiger partial charge in [0.25, 0.3) is 0 Å². The zero-order chi connectivity index (χ0) is 18.0. The highest BCUT2D eigenvalue weighted by atomic mass is 16.4. The van der Waals surface area contributed by atoms with Crippen LogP contribution in [0.5, 0.6) is 0 Å². The maximum atomic E-state index is 10.4. The van der Waals surface area contributed by atoms with E-state index in [9.17, 15) is 15.0 Å². The molecule has 0 radical (unpaired) electrons. The number of rotatable bonds is 18. The molecule has 0 aromatic carbocycles. The molecule has 0 spiro atoms. The van der Waals surface area contributed by atoms with E-state index in [-0.39, 0.29) is 12.2 Å². The molecule has 0 bridgehead atoms. The molecule has 4 nitrogen and oxygen atoms in total. The first-order valence-electron chi connectivity index (χ1n) is 10.1. The highest BCUT2D eigenvalue weighted by Crippen LogP contribution is 2.14. The normalized spacial score (nSPS) is 13.8. The van der Waals surface area contributed by atoms with E-state index in [1.165, 1.54) is 44.9 Å². The summed E-state index contributed by atoms with van der Waals surface area (Å²) in [6.07, 6.45) is 15.8. The Hall–Kier alpha value is -0.610. The minimum atomic E-state index is -0.680. The summed E-state index contributed by atoms with van der Waals surface area (Å²) in [5.41, 5.74) is 0. The van der Waals surface area contributed by atoms with Crippen molar-refractivity contribution in [2.75, 3.05) is 0 Å². The number of aliphatic carboxylic acids is 1. The molecule has 3 N–H and O–H groups in total. The zero-order valence-corrected chi connectivity index (χ0v) is 15.7. The molecule has 0 fully saturated rings. The Kier molecular flexibility index (Phi) is 16.8. The molecule has 0 amide bonds. The van der Waals surface area contributed by atoms with E-state index in [4.69, 9.17) is 5.11 Å². The van der Waals surface area contributed by atoms with Crippen LogP contribution in [0.2, 0.25) is 0 Å². The van der Waals surface area contributed by atoms with Crippen molar-refractivity contribution in [2.45, 2.75) is 122 Å². The van der Waals surface area contributed by atoms with Gasteiger partial charge in [0.05, 0.1) is 12.2 Å². The smallest absolute Gasteiger partial charge is 0.303 e. The topological polar surface area (TPSA) is 77.8 Å². The predicted molar refractivity (Wildman–Crippen MR) is 99.2 cm³/mol. The highest BCUT2D eigenvalue weighted by molar-refractivity contribution is 5.66. The Balaban J connectivity index is 3.16. The number of hydrogen-bond acceptors (Lipinski definition) is 3. The van der Waals surface area contributed by atoms with E-state index in [1.807, 2.05) is 6.92 Å². The fourth-order valence-electron chi connectivity index (χ4n) is 2.98. The number of aliphatic hydroxyl groups is 2. The molecule has 0 aliphatic heterocycles. The number of carbonyl (C=O) groups is 1. The second kappa shape index (κ2) is 17.2. The first kappa shape index (κ1) is 23.4. The van der Waals surface area contributed by atoms with Crippen LogP contribution in [0.15, 0.2) is 0 Å². The van der Waals surface area contributed by atoms with Crippen molar-refractivity contribution in [3.8, 4) is 0 Å². The Labute approximate surface area is 148 Å². The zero-order valence-electron chi connectivity index (χ0n) is 15.7. The van der Waals surface area contributed by atoms with Gasteiger partial charge in [-0.3, -0.25) is 4.79 Å². The average molecular weight is 345 g/mol. The van der Waals surface area contributed by atoms with Crippen LogP contribution >= 0.6 is 0 Å². The van der Waals surface area contributed by atoms with Gasteiger partial charge in [0.1, 0.15) is 0 Å². The summed E-state index contributed by atoms with van der Waals surface area (Å²) in [5.74, 6) is -0.680. The predicted octanol–water partition coefficient (Wildman–Crippen LogP) is 5.05. The van der Waals surface area contributed by atoms with E-state index in [1.54, 1.807) is 0 Å². The minimum Gasteiger partial charge on any atom is -0.481 e. The van der Waals surface area contributed by atoms with Gasteiger partial charge in [-0.05, 0) is 32.1 Å². The van der Waals surface area contributed by atoms with E-state index in [2.05, 4.69) is 0 Å². The molecular weight excluding hydrogens is 304 g/mol. The Morgan fingerprint density at radius 2 is 1.08 bits per heavy atom. The van der Waals surface area contributed by atoms with Crippen LogP contribution in [0.1, 0.15) is 110 Å². The summed E-state index contributed by atoms with van der Waals surface area (Å²) < 4.78 is 0. The lowest BCUT2D eigenvalue weighted by Gasteiger charge is -2.12. The van der Waals surface area contributed by atoms with Crippen molar-refractivity contribution in [1.29, 1.82) is 0 Å². The summed E-state index contributed by atoms with van der Waals surface area (Å²) in [4.78, 5) is 10.4. The second-order valence-electron chi connectivity index (χ2n) is 7.11. The van der Waals surface area contributed by atoms with E-state index >= 15 is 0 Å². The van der Waals surface area contributed by atoms with Crippen LogP contribution in [-0.4, -0.2) is 33.5 Å². The molecule has 0 saturated heterocycles. The van der Waals surface area contributed by atoms with Crippen molar-refractivity contribution in [3.05, 3.63) is 0 Å². The molecular formula is C20H40O4. The van der Waals surface area contributed by atoms with Gasteiger partial charge in [-0.2, -0.15) is 0 Å². The third-order valence-electron chi connectivity index (χ3n) is 4.73. The monoisotopic (exact) mass is 344 g/mol. The van der Waals surface area contributed by atoms with Crippen LogP contribution in [0.3, 0.4) is 0 Å². The molecule has 0 aromatic heterocycles. The van der Waals surface area contributed by atoms with Crippen LogP contribution in [0.4, 0.5) is 0 Å². The summed E-state index contributed by atoms with van der Waals surface area (Å²) in [5, 5.41) is 27.8. The average Bonchev–Trinajstić information content (AvgIpc) is 2.56. The lowest BCUT2D eigenvalue weighted by atomic mass is 10.0. The van der Waals surface area contributed by atoms with E-state index in [0.29, 0.717) is 12.8 Å². The highest BCUT2D eigenvalue weighted by Gasteiger charge is 2.07. The van der Waals surface area contributed by atoms with Crippen LogP contribution in [0.25, 0.3) is 0 Å². The quantitative estimate of drug-likeness (QED) is 0.304. The van der Waals surface area contributed by atoms with Crippen molar-refractivity contribution in [1.82, 2.24) is 0 Å². The first-order chi connectivity index (χ1) is 11.6. The molecule has 0 aliphatic rings. The molecule has 2 unspecified atom stereocenters. The lowest BCUT2D eigenvalue weighted by molar-refractivity contribution is -0.137. The molecule has 144 valence electrons. The molecule has 0 aromatic rings.